The van der Waals surface area contributed by atoms with Gasteiger partial charge >= 0.3 is 5.69 Å². The van der Waals surface area contributed by atoms with Gasteiger partial charge in [0.25, 0.3) is 0 Å². The van der Waals surface area contributed by atoms with Crippen LogP contribution in [-0.4, -0.2) is 46.5 Å². The smallest absolute Gasteiger partial charge is 0.345 e. The van der Waals surface area contributed by atoms with Crippen LogP contribution in [0, 0.1) is 5.82 Å². The van der Waals surface area contributed by atoms with Gasteiger partial charge in [0.1, 0.15) is 23.5 Å². The number of halogens is 2. The third-order valence-corrected chi connectivity index (χ3v) is 4.80. The van der Waals surface area contributed by atoms with Gasteiger partial charge in [0.05, 0.1) is 6.54 Å². The summed E-state index contributed by atoms with van der Waals surface area (Å²) in [6, 6.07) is 5.96. The van der Waals surface area contributed by atoms with Gasteiger partial charge in [0.15, 0.2) is 5.96 Å². The van der Waals surface area contributed by atoms with Gasteiger partial charge in [-0.25, -0.2) is 13.9 Å². The van der Waals surface area contributed by atoms with Crippen LogP contribution in [0.25, 0.3) is 0 Å². The molecular weight excluding hydrogens is 502 g/mol. The van der Waals surface area contributed by atoms with Crippen molar-refractivity contribution in [2.24, 2.45) is 4.99 Å². The number of hydrogen-bond acceptors (Lipinski definition) is 4. The standard InChI is InChI=1S/C20H29FN6O2.HI/c1-15(29-17-9-7-16(21)8-10-17)14-24-19(22-2)23-11-5-13-27-20(28)26-12-4-3-6-18(26)25-27;/h7-10,15H,3-6,11-14H2,1-2H3,(H2,22,23,24);1H. The van der Waals surface area contributed by atoms with E-state index in [2.05, 4.69) is 20.7 Å². The Hall–Kier alpha value is -2.11. The third kappa shape index (κ3) is 6.71. The largest absolute Gasteiger partial charge is 0.489 e. The van der Waals surface area contributed by atoms with Crippen molar-refractivity contribution in [3.63, 3.8) is 0 Å². The van der Waals surface area contributed by atoms with E-state index in [9.17, 15) is 9.18 Å². The van der Waals surface area contributed by atoms with Crippen molar-refractivity contribution >= 4 is 29.9 Å². The van der Waals surface area contributed by atoms with Crippen molar-refractivity contribution in [3.8, 4) is 5.75 Å². The number of nitrogens with one attached hydrogen (secondary N) is 2. The minimum absolute atomic E-state index is 0. The van der Waals surface area contributed by atoms with Gasteiger partial charge in [0.2, 0.25) is 0 Å². The molecule has 1 aliphatic rings. The SMILES string of the molecule is CN=C(NCCCn1nc2n(c1=O)CCCC2)NCC(C)Oc1ccc(F)cc1.I. The van der Waals surface area contributed by atoms with Crippen LogP contribution in [0.4, 0.5) is 4.39 Å². The molecule has 0 bridgehead atoms. The van der Waals surface area contributed by atoms with E-state index >= 15 is 0 Å². The molecule has 0 amide bonds. The van der Waals surface area contributed by atoms with E-state index in [1.807, 2.05) is 6.92 Å². The van der Waals surface area contributed by atoms with Crippen molar-refractivity contribution in [2.75, 3.05) is 20.1 Å². The lowest BCUT2D eigenvalue weighted by molar-refractivity contribution is 0.223. The number of guanidine groups is 1. The van der Waals surface area contributed by atoms with E-state index in [1.54, 1.807) is 28.4 Å². The Morgan fingerprint density at radius 2 is 2.07 bits per heavy atom. The minimum atomic E-state index is -0.286. The summed E-state index contributed by atoms with van der Waals surface area (Å²) < 4.78 is 22.0. The molecule has 0 fully saturated rings. The van der Waals surface area contributed by atoms with Crippen LogP contribution in [0.5, 0.6) is 5.75 Å². The molecule has 2 heterocycles. The molecule has 1 atom stereocenters. The molecule has 1 aromatic carbocycles. The molecule has 2 aromatic rings. The van der Waals surface area contributed by atoms with Crippen LogP contribution in [0.2, 0.25) is 0 Å². The second kappa shape index (κ2) is 11.9. The zero-order chi connectivity index (χ0) is 20.6. The zero-order valence-corrected chi connectivity index (χ0v) is 19.8. The van der Waals surface area contributed by atoms with Crippen LogP contribution in [-0.2, 0) is 19.5 Å². The third-order valence-electron chi connectivity index (χ3n) is 4.80. The van der Waals surface area contributed by atoms with Gasteiger partial charge in [-0.2, -0.15) is 5.10 Å². The first-order chi connectivity index (χ1) is 14.1. The quantitative estimate of drug-likeness (QED) is 0.236. The first-order valence-corrected chi connectivity index (χ1v) is 10.1. The summed E-state index contributed by atoms with van der Waals surface area (Å²) in [6.07, 6.45) is 3.68. The Labute approximate surface area is 192 Å². The number of aryl methyl sites for hydroxylation is 2. The average molecular weight is 532 g/mol. The Balaban J connectivity index is 0.00000320. The van der Waals surface area contributed by atoms with Crippen molar-refractivity contribution in [1.29, 1.82) is 0 Å². The van der Waals surface area contributed by atoms with Gasteiger partial charge in [-0.3, -0.25) is 9.56 Å². The molecule has 0 saturated carbocycles. The van der Waals surface area contributed by atoms with E-state index in [0.717, 1.165) is 38.1 Å². The van der Waals surface area contributed by atoms with Crippen LogP contribution >= 0.6 is 24.0 Å². The molecule has 0 radical (unpaired) electrons. The number of benzene rings is 1. The summed E-state index contributed by atoms with van der Waals surface area (Å²) in [4.78, 5) is 16.5. The second-order valence-electron chi connectivity index (χ2n) is 7.15. The molecule has 2 N–H and O–H groups in total. The second-order valence-corrected chi connectivity index (χ2v) is 7.15. The van der Waals surface area contributed by atoms with Crippen molar-refractivity contribution in [2.45, 2.75) is 51.8 Å². The molecule has 8 nitrogen and oxygen atoms in total. The number of aromatic nitrogens is 3. The molecular formula is C20H30FIN6O2. The molecule has 0 aliphatic carbocycles. The van der Waals surface area contributed by atoms with Crippen molar-refractivity contribution in [3.05, 3.63) is 46.4 Å². The van der Waals surface area contributed by atoms with Gasteiger partial charge < -0.3 is 15.4 Å². The molecule has 1 aromatic heterocycles. The average Bonchev–Trinajstić information content (AvgIpc) is 3.05. The van der Waals surface area contributed by atoms with Crippen LogP contribution in [0.15, 0.2) is 34.1 Å². The highest BCUT2D eigenvalue weighted by Gasteiger charge is 2.16. The highest BCUT2D eigenvalue weighted by atomic mass is 127. The van der Waals surface area contributed by atoms with Gasteiger partial charge in [-0.05, 0) is 50.5 Å². The van der Waals surface area contributed by atoms with E-state index in [0.29, 0.717) is 31.3 Å². The number of nitrogens with zero attached hydrogens (tertiary/aromatic N) is 4. The first kappa shape index (κ1) is 24.2. The summed E-state index contributed by atoms with van der Waals surface area (Å²) in [5, 5.41) is 10.9. The molecule has 166 valence electrons. The number of rotatable bonds is 8. The fourth-order valence-corrected chi connectivity index (χ4v) is 3.28. The summed E-state index contributed by atoms with van der Waals surface area (Å²) >= 11 is 0. The molecule has 3 rings (SSSR count). The lowest BCUT2D eigenvalue weighted by Gasteiger charge is -2.17. The predicted molar refractivity (Wildman–Crippen MR) is 125 cm³/mol. The van der Waals surface area contributed by atoms with E-state index in [-0.39, 0.29) is 41.6 Å². The lowest BCUT2D eigenvalue weighted by atomic mass is 10.2. The van der Waals surface area contributed by atoms with Gasteiger partial charge in [0, 0.05) is 33.1 Å². The Bertz CT molecular complexity index is 880. The Morgan fingerprint density at radius 3 is 2.77 bits per heavy atom. The molecule has 30 heavy (non-hydrogen) atoms. The Morgan fingerprint density at radius 1 is 1.30 bits per heavy atom. The van der Waals surface area contributed by atoms with Gasteiger partial charge in [-0.15, -0.1) is 24.0 Å². The zero-order valence-electron chi connectivity index (χ0n) is 17.4. The number of ether oxygens (including phenoxy) is 1. The monoisotopic (exact) mass is 532 g/mol. The van der Waals surface area contributed by atoms with Crippen molar-refractivity contribution in [1.82, 2.24) is 25.0 Å². The fraction of sp³-hybridized carbons (Fsp3) is 0.550. The highest BCUT2D eigenvalue weighted by molar-refractivity contribution is 14.0. The van der Waals surface area contributed by atoms with Crippen LogP contribution in [0.3, 0.4) is 0 Å². The van der Waals surface area contributed by atoms with Crippen molar-refractivity contribution < 1.29 is 9.13 Å². The molecule has 10 heteroatoms. The van der Waals surface area contributed by atoms with Gasteiger partial charge in [-0.1, -0.05) is 0 Å². The van der Waals surface area contributed by atoms with Crippen LogP contribution in [0.1, 0.15) is 32.0 Å². The summed E-state index contributed by atoms with van der Waals surface area (Å²) in [7, 11) is 1.70. The first-order valence-electron chi connectivity index (χ1n) is 10.1. The molecule has 1 unspecified atom stereocenters. The lowest BCUT2D eigenvalue weighted by Crippen LogP contribution is -2.42. The molecule has 0 spiro atoms. The Kier molecular flexibility index (Phi) is 9.60. The van der Waals surface area contributed by atoms with E-state index in [1.165, 1.54) is 12.1 Å². The molecule has 0 saturated heterocycles. The summed E-state index contributed by atoms with van der Waals surface area (Å²) in [5.41, 5.74) is -0.00558. The predicted octanol–water partition coefficient (Wildman–Crippen LogP) is 2.16. The number of hydrogen-bond donors (Lipinski definition) is 2. The van der Waals surface area contributed by atoms with E-state index in [4.69, 9.17) is 4.74 Å². The minimum Gasteiger partial charge on any atom is -0.489 e. The summed E-state index contributed by atoms with van der Waals surface area (Å²) in [5.74, 6) is 1.90. The highest BCUT2D eigenvalue weighted by Crippen LogP contribution is 2.12. The number of aliphatic imine (C=N–C) groups is 1. The fourth-order valence-electron chi connectivity index (χ4n) is 3.28. The number of fused-ring (bicyclic) bond motifs is 1. The van der Waals surface area contributed by atoms with E-state index < -0.39 is 0 Å². The maximum absolute atomic E-state index is 12.9. The van der Waals surface area contributed by atoms with Crippen LogP contribution < -0.4 is 21.1 Å². The summed E-state index contributed by atoms with van der Waals surface area (Å²) in [6.45, 7) is 4.50. The topological polar surface area (TPSA) is 85.5 Å². The maximum atomic E-state index is 12.9. The molecule has 1 aliphatic heterocycles. The maximum Gasteiger partial charge on any atom is 0.345 e. The normalized spacial score (nSPS) is 14.4.